The summed E-state index contributed by atoms with van der Waals surface area (Å²) < 4.78 is 11.4. The van der Waals surface area contributed by atoms with Crippen molar-refractivity contribution in [1.29, 1.82) is 0 Å². The summed E-state index contributed by atoms with van der Waals surface area (Å²) >= 11 is 0. The minimum absolute atomic E-state index is 0.317. The first-order valence-electron chi connectivity index (χ1n) is 5.21. The predicted octanol–water partition coefficient (Wildman–Crippen LogP) is 0.742. The zero-order chi connectivity index (χ0) is 9.26. The Balaban J connectivity index is 1.97. The largest absolute Gasteiger partial charge is 0.374 e. The van der Waals surface area contributed by atoms with Gasteiger partial charge in [0.25, 0.3) is 0 Å². The molecule has 0 N–H and O–H groups in total. The summed E-state index contributed by atoms with van der Waals surface area (Å²) in [4.78, 5) is 2.46. The van der Waals surface area contributed by atoms with Crippen LogP contribution >= 0.6 is 0 Å². The highest BCUT2D eigenvalue weighted by Crippen LogP contribution is 2.17. The summed E-state index contributed by atoms with van der Waals surface area (Å²) in [6.45, 7) is 9.31. The Morgan fingerprint density at radius 1 is 1.23 bits per heavy atom. The third kappa shape index (κ3) is 2.22. The zero-order valence-corrected chi connectivity index (χ0v) is 8.53. The third-order valence-corrected chi connectivity index (χ3v) is 2.90. The van der Waals surface area contributed by atoms with Crippen LogP contribution in [0.2, 0.25) is 0 Å². The van der Waals surface area contributed by atoms with Crippen molar-refractivity contribution in [3.63, 3.8) is 0 Å². The minimum Gasteiger partial charge on any atom is -0.374 e. The van der Waals surface area contributed by atoms with Gasteiger partial charge in [-0.25, -0.2) is 0 Å². The Labute approximate surface area is 80.0 Å². The van der Waals surface area contributed by atoms with Gasteiger partial charge in [0.05, 0.1) is 25.4 Å². The summed E-state index contributed by atoms with van der Waals surface area (Å²) in [7, 11) is 0. The maximum atomic E-state index is 5.81. The average Bonchev–Trinajstić information content (AvgIpc) is 2.25. The summed E-state index contributed by atoms with van der Waals surface area (Å²) in [5.41, 5.74) is 0. The van der Waals surface area contributed by atoms with Crippen LogP contribution in [0, 0.1) is 5.92 Å². The van der Waals surface area contributed by atoms with Gasteiger partial charge in [0, 0.05) is 19.6 Å². The van der Waals surface area contributed by atoms with Gasteiger partial charge in [0.2, 0.25) is 0 Å². The van der Waals surface area contributed by atoms with Crippen LogP contribution in [0.4, 0.5) is 0 Å². The van der Waals surface area contributed by atoms with Crippen molar-refractivity contribution in [2.45, 2.75) is 26.1 Å². The van der Waals surface area contributed by atoms with Gasteiger partial charge in [-0.1, -0.05) is 13.8 Å². The molecule has 0 aromatic heterocycles. The standard InChI is InChI=1S/C10H19NO2/c1-8(2)10-6-11-3-4-12-9(5-11)7-13-10/h8-10H,3-7H2,1-2H3/t9?,10-/m1/s1. The van der Waals surface area contributed by atoms with Crippen molar-refractivity contribution in [2.75, 3.05) is 32.8 Å². The van der Waals surface area contributed by atoms with Crippen molar-refractivity contribution < 1.29 is 9.47 Å². The van der Waals surface area contributed by atoms with Crippen LogP contribution in [0.1, 0.15) is 13.8 Å². The highest BCUT2D eigenvalue weighted by molar-refractivity contribution is 4.79. The fraction of sp³-hybridized carbons (Fsp3) is 1.00. The molecule has 3 atom stereocenters. The average molecular weight is 185 g/mol. The summed E-state index contributed by atoms with van der Waals surface area (Å²) in [5.74, 6) is 0.611. The third-order valence-electron chi connectivity index (χ3n) is 2.90. The lowest BCUT2D eigenvalue weighted by atomic mass is 10.1. The van der Waals surface area contributed by atoms with E-state index in [0.29, 0.717) is 18.1 Å². The van der Waals surface area contributed by atoms with Gasteiger partial charge in [-0.15, -0.1) is 0 Å². The van der Waals surface area contributed by atoms with Gasteiger partial charge in [0.1, 0.15) is 0 Å². The summed E-state index contributed by atoms with van der Waals surface area (Å²) in [6.07, 6.45) is 0.712. The van der Waals surface area contributed by atoms with Crippen LogP contribution in [-0.2, 0) is 9.47 Å². The molecule has 0 amide bonds. The second-order valence-electron chi connectivity index (χ2n) is 4.37. The maximum Gasteiger partial charge on any atom is 0.0935 e. The number of ether oxygens (including phenoxy) is 2. The van der Waals surface area contributed by atoms with E-state index in [4.69, 9.17) is 9.47 Å². The zero-order valence-electron chi connectivity index (χ0n) is 8.53. The molecule has 0 aliphatic carbocycles. The molecule has 2 aliphatic rings. The molecule has 13 heavy (non-hydrogen) atoms. The SMILES string of the molecule is CC(C)[C@H]1CN2CCOC(CO1)C2. The molecule has 0 spiro atoms. The predicted molar refractivity (Wildman–Crippen MR) is 50.8 cm³/mol. The van der Waals surface area contributed by atoms with Gasteiger partial charge in [-0.2, -0.15) is 0 Å². The highest BCUT2D eigenvalue weighted by Gasteiger charge is 2.29. The van der Waals surface area contributed by atoms with Gasteiger partial charge in [-0.3, -0.25) is 4.90 Å². The van der Waals surface area contributed by atoms with E-state index in [2.05, 4.69) is 18.7 Å². The van der Waals surface area contributed by atoms with Crippen LogP contribution in [0.5, 0.6) is 0 Å². The van der Waals surface area contributed by atoms with E-state index >= 15 is 0 Å². The first kappa shape index (κ1) is 9.44. The van der Waals surface area contributed by atoms with Crippen molar-refractivity contribution in [2.24, 2.45) is 5.92 Å². The number of hydrogen-bond donors (Lipinski definition) is 0. The second kappa shape index (κ2) is 3.95. The van der Waals surface area contributed by atoms with Gasteiger partial charge < -0.3 is 9.47 Å². The van der Waals surface area contributed by atoms with E-state index in [9.17, 15) is 0 Å². The lowest BCUT2D eigenvalue weighted by molar-refractivity contribution is -0.0474. The van der Waals surface area contributed by atoms with E-state index in [1.165, 1.54) is 0 Å². The quantitative estimate of drug-likeness (QED) is 0.601. The molecule has 2 rings (SSSR count). The molecule has 0 radical (unpaired) electrons. The van der Waals surface area contributed by atoms with Crippen LogP contribution in [0.3, 0.4) is 0 Å². The molecular weight excluding hydrogens is 166 g/mol. The normalized spacial score (nSPS) is 40.4. The molecule has 3 heteroatoms. The van der Waals surface area contributed by atoms with Crippen LogP contribution in [0.25, 0.3) is 0 Å². The van der Waals surface area contributed by atoms with Crippen LogP contribution in [0.15, 0.2) is 0 Å². The molecule has 2 bridgehead atoms. The van der Waals surface area contributed by atoms with Crippen molar-refractivity contribution >= 4 is 0 Å². The molecule has 3 nitrogen and oxygen atoms in total. The van der Waals surface area contributed by atoms with Crippen LogP contribution < -0.4 is 0 Å². The summed E-state index contributed by atoms with van der Waals surface area (Å²) in [6, 6.07) is 0. The molecule has 2 saturated heterocycles. The highest BCUT2D eigenvalue weighted by atomic mass is 16.5. The Kier molecular flexibility index (Phi) is 2.86. The van der Waals surface area contributed by atoms with Crippen molar-refractivity contribution in [1.82, 2.24) is 4.90 Å². The topological polar surface area (TPSA) is 21.7 Å². The molecule has 0 aromatic rings. The number of hydrogen-bond acceptors (Lipinski definition) is 3. The summed E-state index contributed by atoms with van der Waals surface area (Å²) in [5, 5.41) is 0. The second-order valence-corrected chi connectivity index (χ2v) is 4.37. The molecule has 2 unspecified atom stereocenters. The maximum absolute atomic E-state index is 5.81. The lowest BCUT2D eigenvalue weighted by Gasteiger charge is -2.30. The first-order valence-corrected chi connectivity index (χ1v) is 5.21. The Morgan fingerprint density at radius 2 is 2.08 bits per heavy atom. The molecular formula is C10H19NO2. The van der Waals surface area contributed by atoms with Gasteiger partial charge in [0.15, 0.2) is 0 Å². The van der Waals surface area contributed by atoms with Gasteiger partial charge in [-0.05, 0) is 5.92 Å². The number of morpholine rings is 1. The molecule has 0 saturated carbocycles. The molecule has 76 valence electrons. The Bertz CT molecular complexity index is 172. The fourth-order valence-electron chi connectivity index (χ4n) is 1.99. The van der Waals surface area contributed by atoms with Crippen molar-refractivity contribution in [3.8, 4) is 0 Å². The van der Waals surface area contributed by atoms with E-state index in [1.54, 1.807) is 0 Å². The number of rotatable bonds is 1. The smallest absolute Gasteiger partial charge is 0.0935 e. The fourth-order valence-corrected chi connectivity index (χ4v) is 1.99. The monoisotopic (exact) mass is 185 g/mol. The first-order chi connectivity index (χ1) is 6.25. The molecule has 0 aromatic carbocycles. The molecule has 2 fully saturated rings. The Morgan fingerprint density at radius 3 is 2.85 bits per heavy atom. The van der Waals surface area contributed by atoms with Gasteiger partial charge >= 0.3 is 0 Å². The van der Waals surface area contributed by atoms with E-state index < -0.39 is 0 Å². The number of nitrogens with zero attached hydrogens (tertiary/aromatic N) is 1. The van der Waals surface area contributed by atoms with E-state index in [-0.39, 0.29) is 0 Å². The minimum atomic E-state index is 0.317. The molecule has 2 heterocycles. The number of fused-ring (bicyclic) bond motifs is 2. The van der Waals surface area contributed by atoms with E-state index in [0.717, 1.165) is 32.8 Å². The Hall–Kier alpha value is -0.120. The molecule has 2 aliphatic heterocycles. The van der Waals surface area contributed by atoms with E-state index in [1.807, 2.05) is 0 Å². The lowest BCUT2D eigenvalue weighted by Crippen LogP contribution is -2.43. The van der Waals surface area contributed by atoms with Crippen LogP contribution in [-0.4, -0.2) is 50.0 Å². The van der Waals surface area contributed by atoms with Crippen molar-refractivity contribution in [3.05, 3.63) is 0 Å².